The van der Waals surface area contributed by atoms with Crippen LogP contribution in [0.4, 0.5) is 0 Å². The molecule has 0 saturated carbocycles. The summed E-state index contributed by atoms with van der Waals surface area (Å²) < 4.78 is 6.64. The molecule has 4 rings (SSSR count). The highest BCUT2D eigenvalue weighted by Gasteiger charge is 2.23. The van der Waals surface area contributed by atoms with Crippen LogP contribution in [-0.4, -0.2) is 22.6 Å². The number of aromatic nitrogens is 2. The van der Waals surface area contributed by atoms with Gasteiger partial charge in [0.1, 0.15) is 17.1 Å². The number of methoxy groups -OCH3 is 1. The summed E-state index contributed by atoms with van der Waals surface area (Å²) in [5.74, 6) is 0.774. The van der Waals surface area contributed by atoms with Gasteiger partial charge < -0.3 is 10.1 Å². The molecule has 0 spiro atoms. The molecule has 7 heteroatoms. The van der Waals surface area contributed by atoms with Gasteiger partial charge in [0.05, 0.1) is 24.9 Å². The highest BCUT2D eigenvalue weighted by atomic mass is 32.1. The number of nitrogens with zero attached hydrogens (tertiary/aromatic N) is 2. The van der Waals surface area contributed by atoms with Gasteiger partial charge in [-0.1, -0.05) is 26.0 Å². The fraction of sp³-hybridized carbons (Fsp3) is 0.409. The Morgan fingerprint density at radius 3 is 2.72 bits per heavy atom. The van der Waals surface area contributed by atoms with Crippen LogP contribution in [0, 0.1) is 5.92 Å². The van der Waals surface area contributed by atoms with E-state index < -0.39 is 0 Å². The van der Waals surface area contributed by atoms with Crippen molar-refractivity contribution < 1.29 is 9.53 Å². The number of nitrogens with one attached hydrogen (secondary N) is 1. The summed E-state index contributed by atoms with van der Waals surface area (Å²) in [5.41, 5.74) is 2.02. The summed E-state index contributed by atoms with van der Waals surface area (Å²) in [6.07, 6.45) is 4.53. The molecule has 0 bridgehead atoms. The monoisotopic (exact) mass is 411 g/mol. The van der Waals surface area contributed by atoms with Crippen molar-refractivity contribution >= 4 is 27.5 Å². The number of rotatable bonds is 6. The number of amides is 1. The van der Waals surface area contributed by atoms with Crippen LogP contribution in [0.1, 0.15) is 42.3 Å². The number of aryl methyl sites for hydroxylation is 2. The van der Waals surface area contributed by atoms with Gasteiger partial charge >= 0.3 is 0 Å². The molecular formula is C22H25N3O3S. The molecule has 1 aliphatic carbocycles. The first-order valence-electron chi connectivity index (χ1n) is 9.91. The fourth-order valence-corrected chi connectivity index (χ4v) is 5.17. The maximum Gasteiger partial charge on any atom is 0.262 e. The lowest BCUT2D eigenvalue weighted by Gasteiger charge is -2.23. The summed E-state index contributed by atoms with van der Waals surface area (Å²) in [6, 6.07) is 7.54. The van der Waals surface area contributed by atoms with Crippen LogP contribution in [0.3, 0.4) is 0 Å². The van der Waals surface area contributed by atoms with E-state index in [2.05, 4.69) is 24.1 Å². The third kappa shape index (κ3) is 3.79. The van der Waals surface area contributed by atoms with E-state index in [4.69, 9.17) is 4.74 Å². The first-order chi connectivity index (χ1) is 14.0. The zero-order valence-corrected chi connectivity index (χ0v) is 17.7. The van der Waals surface area contributed by atoms with Gasteiger partial charge in [0.2, 0.25) is 5.91 Å². The second kappa shape index (κ2) is 7.99. The molecule has 1 aromatic carbocycles. The first-order valence-corrected chi connectivity index (χ1v) is 10.7. The van der Waals surface area contributed by atoms with Gasteiger partial charge in [0, 0.05) is 4.88 Å². The van der Waals surface area contributed by atoms with Crippen molar-refractivity contribution in [1.29, 1.82) is 0 Å². The molecule has 0 radical (unpaired) electrons. The molecular weight excluding hydrogens is 386 g/mol. The maximum atomic E-state index is 13.0. The van der Waals surface area contributed by atoms with Crippen molar-refractivity contribution in [3.8, 4) is 5.75 Å². The number of hydrogen-bond donors (Lipinski definition) is 1. The lowest BCUT2D eigenvalue weighted by Crippen LogP contribution is -2.36. The Balaban J connectivity index is 1.55. The van der Waals surface area contributed by atoms with Crippen LogP contribution in [0.5, 0.6) is 5.75 Å². The summed E-state index contributed by atoms with van der Waals surface area (Å²) in [7, 11) is 1.63. The van der Waals surface area contributed by atoms with Gasteiger partial charge in [-0.2, -0.15) is 0 Å². The molecule has 0 fully saturated rings. The number of carbonyl (C=O) groups excluding carboxylic acids is 1. The quantitative estimate of drug-likeness (QED) is 0.674. The number of benzene rings is 1. The Hall–Kier alpha value is -2.67. The van der Waals surface area contributed by atoms with Crippen LogP contribution in [0.25, 0.3) is 10.2 Å². The predicted octanol–water partition coefficient (Wildman–Crippen LogP) is 3.47. The normalized spacial score (nSPS) is 14.2. The zero-order valence-electron chi connectivity index (χ0n) is 16.9. The van der Waals surface area contributed by atoms with Gasteiger partial charge in [-0.25, -0.2) is 4.98 Å². The topological polar surface area (TPSA) is 73.2 Å². The number of fused-ring (bicyclic) bond motifs is 3. The van der Waals surface area contributed by atoms with Crippen molar-refractivity contribution in [2.75, 3.05) is 7.11 Å². The van der Waals surface area contributed by atoms with E-state index in [0.717, 1.165) is 41.0 Å². The molecule has 2 aromatic heterocycles. The Labute approximate surface area is 173 Å². The lowest BCUT2D eigenvalue weighted by molar-refractivity contribution is -0.122. The van der Waals surface area contributed by atoms with Crippen molar-refractivity contribution in [1.82, 2.24) is 14.9 Å². The summed E-state index contributed by atoms with van der Waals surface area (Å²) in [5, 5.41) is 3.78. The van der Waals surface area contributed by atoms with Crippen molar-refractivity contribution in [2.45, 2.75) is 45.7 Å². The van der Waals surface area contributed by atoms with E-state index in [-0.39, 0.29) is 30.0 Å². The van der Waals surface area contributed by atoms with Crippen LogP contribution < -0.4 is 15.6 Å². The van der Waals surface area contributed by atoms with E-state index in [1.54, 1.807) is 18.4 Å². The number of thiophene rings is 1. The molecule has 2 heterocycles. The average Bonchev–Trinajstić information content (AvgIpc) is 3.29. The largest absolute Gasteiger partial charge is 0.497 e. The molecule has 29 heavy (non-hydrogen) atoms. The van der Waals surface area contributed by atoms with Crippen molar-refractivity contribution in [3.63, 3.8) is 0 Å². The predicted molar refractivity (Wildman–Crippen MR) is 115 cm³/mol. The van der Waals surface area contributed by atoms with Gasteiger partial charge in [-0.05, 0) is 48.4 Å². The average molecular weight is 412 g/mol. The molecule has 152 valence electrons. The van der Waals surface area contributed by atoms with Crippen LogP contribution in [0.2, 0.25) is 0 Å². The minimum atomic E-state index is -0.199. The third-order valence-corrected chi connectivity index (χ3v) is 6.66. The minimum absolute atomic E-state index is 0.0359. The smallest absolute Gasteiger partial charge is 0.262 e. The van der Waals surface area contributed by atoms with Crippen LogP contribution in [-0.2, 0) is 24.2 Å². The third-order valence-electron chi connectivity index (χ3n) is 5.46. The molecule has 1 N–H and O–H groups in total. The standard InChI is InChI=1S/C22H25N3O3S/c1-13(2)20(14-7-9-15(28-3)10-8-14)24-18(26)11-25-12-23-21-19(22(25)27)16-5-4-6-17(16)29-21/h7-10,12-13,20H,4-6,11H2,1-3H3,(H,24,26). The number of ether oxygens (including phenoxy) is 1. The molecule has 1 atom stereocenters. The van der Waals surface area contributed by atoms with Gasteiger partial charge in [0.15, 0.2) is 0 Å². The Kier molecular flexibility index (Phi) is 5.41. The summed E-state index contributed by atoms with van der Waals surface area (Å²) in [6.45, 7) is 4.08. The van der Waals surface area contributed by atoms with Gasteiger partial charge in [-0.3, -0.25) is 14.2 Å². The van der Waals surface area contributed by atoms with Crippen LogP contribution >= 0.6 is 11.3 Å². The lowest BCUT2D eigenvalue weighted by atomic mass is 9.96. The Bertz CT molecular complexity index is 1100. The van der Waals surface area contributed by atoms with E-state index in [9.17, 15) is 9.59 Å². The highest BCUT2D eigenvalue weighted by Crippen LogP contribution is 2.34. The minimum Gasteiger partial charge on any atom is -0.497 e. The highest BCUT2D eigenvalue weighted by molar-refractivity contribution is 7.18. The van der Waals surface area contributed by atoms with E-state index in [0.29, 0.717) is 5.39 Å². The van der Waals surface area contributed by atoms with Crippen molar-refractivity contribution in [3.05, 3.63) is 57.0 Å². The van der Waals surface area contributed by atoms with Gasteiger partial charge in [0.25, 0.3) is 5.56 Å². The van der Waals surface area contributed by atoms with Crippen molar-refractivity contribution in [2.24, 2.45) is 5.92 Å². The zero-order chi connectivity index (χ0) is 20.5. The van der Waals surface area contributed by atoms with Gasteiger partial charge in [-0.15, -0.1) is 11.3 Å². The first kappa shape index (κ1) is 19.6. The molecule has 1 unspecified atom stereocenters. The molecule has 0 saturated heterocycles. The molecule has 3 aromatic rings. The second-order valence-electron chi connectivity index (χ2n) is 7.78. The SMILES string of the molecule is COc1ccc(C(NC(=O)Cn2cnc3sc4c(c3c2=O)CCC4)C(C)C)cc1. The molecule has 1 amide bonds. The maximum absolute atomic E-state index is 13.0. The van der Waals surface area contributed by atoms with Crippen LogP contribution in [0.15, 0.2) is 35.4 Å². The van der Waals surface area contributed by atoms with E-state index in [1.807, 2.05) is 24.3 Å². The van der Waals surface area contributed by atoms with E-state index >= 15 is 0 Å². The number of hydrogen-bond acceptors (Lipinski definition) is 5. The summed E-state index contributed by atoms with van der Waals surface area (Å²) >= 11 is 1.61. The second-order valence-corrected chi connectivity index (χ2v) is 8.86. The Morgan fingerprint density at radius 2 is 2.03 bits per heavy atom. The molecule has 0 aliphatic heterocycles. The fourth-order valence-electron chi connectivity index (χ4n) is 3.95. The number of carbonyl (C=O) groups is 1. The Morgan fingerprint density at radius 1 is 1.28 bits per heavy atom. The molecule has 6 nitrogen and oxygen atoms in total. The van der Waals surface area contributed by atoms with E-state index in [1.165, 1.54) is 15.8 Å². The molecule has 1 aliphatic rings. The summed E-state index contributed by atoms with van der Waals surface area (Å²) in [4.78, 5) is 32.2.